The van der Waals surface area contributed by atoms with Gasteiger partial charge >= 0.3 is 0 Å². The molecule has 0 radical (unpaired) electrons. The van der Waals surface area contributed by atoms with E-state index in [1.54, 1.807) is 0 Å². The summed E-state index contributed by atoms with van der Waals surface area (Å²) in [5.74, 6) is 0. The van der Waals surface area contributed by atoms with Crippen LogP contribution in [0, 0.1) is 25.6 Å². The molecule has 1 fully saturated rings. The minimum absolute atomic E-state index is 0. The van der Waals surface area contributed by atoms with E-state index in [2.05, 4.69) is 34.1 Å². The summed E-state index contributed by atoms with van der Waals surface area (Å²) in [5, 5.41) is 10.8. The van der Waals surface area contributed by atoms with Gasteiger partial charge in [0.2, 0.25) is 0 Å². The van der Waals surface area contributed by atoms with Gasteiger partial charge in [0, 0.05) is 34.8 Å². The number of hydrogen-bond donors (Lipinski definition) is 2. The Morgan fingerprint density at radius 2 is 0.774 bits per heavy atom. The average Bonchev–Trinajstić information content (AvgIpc) is 2.95. The normalized spacial score (nSPS) is 11.6. The van der Waals surface area contributed by atoms with E-state index in [1.807, 2.05) is 91.0 Å². The van der Waals surface area contributed by atoms with Crippen molar-refractivity contribution in [1.82, 2.24) is 10.6 Å². The molecule has 4 rings (SSSR count). The van der Waals surface area contributed by atoms with Crippen molar-refractivity contribution in [3.05, 3.63) is 122 Å². The van der Waals surface area contributed by atoms with Crippen LogP contribution in [0.2, 0.25) is 0 Å². The Kier molecular flexibility index (Phi) is 40.1. The maximum absolute atomic E-state index is 4.27. The van der Waals surface area contributed by atoms with Gasteiger partial charge in [0.05, 0.1) is 0 Å². The Morgan fingerprint density at radius 1 is 0.484 bits per heavy atom. The molecule has 0 unspecified atom stereocenters. The molecule has 2 N–H and O–H groups in total. The first-order chi connectivity index (χ1) is 13.5. The molecule has 1 aliphatic rings. The van der Waals surface area contributed by atoms with E-state index in [0.29, 0.717) is 0 Å². The zero-order valence-electron chi connectivity index (χ0n) is 18.2. The molecule has 0 atom stereocenters. The summed E-state index contributed by atoms with van der Waals surface area (Å²) in [6.07, 6.45) is 0. The van der Waals surface area contributed by atoms with Gasteiger partial charge in [0.15, 0.2) is 0 Å². The van der Waals surface area contributed by atoms with Gasteiger partial charge in [0.1, 0.15) is 0 Å². The van der Waals surface area contributed by atoms with Crippen LogP contribution in [0.1, 0.15) is 0 Å². The Hall–Kier alpha value is -1.17. The molecule has 1 aliphatic heterocycles. The van der Waals surface area contributed by atoms with Crippen LogP contribution in [0.5, 0.6) is 0 Å². The Morgan fingerprint density at radius 3 is 0.968 bits per heavy atom. The molecule has 3 aromatic carbocycles. The SMILES string of the molecule is C1CNCCNCC[N-]1.Cl.Cl.[CH3-].[Ti].[c-]1ccccc1.[c-]1ccccc1.[c-]1ccccc1. The largest absolute Gasteiger partial charge is 0.660 e. The maximum Gasteiger partial charge on any atom is 0.00760 e. The second-order valence-electron chi connectivity index (χ2n) is 5.40. The summed E-state index contributed by atoms with van der Waals surface area (Å²) in [6.45, 7) is 6.19. The van der Waals surface area contributed by atoms with E-state index in [9.17, 15) is 0 Å². The zero-order chi connectivity index (χ0) is 19.1. The van der Waals surface area contributed by atoms with Crippen molar-refractivity contribution < 1.29 is 21.7 Å². The quantitative estimate of drug-likeness (QED) is 0.328. The molecule has 0 aliphatic carbocycles. The summed E-state index contributed by atoms with van der Waals surface area (Å²) < 4.78 is 0. The van der Waals surface area contributed by atoms with Crippen molar-refractivity contribution in [2.45, 2.75) is 0 Å². The minimum atomic E-state index is 0. The van der Waals surface area contributed by atoms with Crippen molar-refractivity contribution in [3.63, 3.8) is 0 Å². The average molecular weight is 495 g/mol. The van der Waals surface area contributed by atoms with Gasteiger partial charge in [-0.25, -0.2) is 0 Å². The Balaban J connectivity index is -0.000000152. The second-order valence-corrected chi connectivity index (χ2v) is 5.40. The van der Waals surface area contributed by atoms with Gasteiger partial charge in [-0.05, 0) is 13.1 Å². The number of benzene rings is 3. The number of nitrogens with zero attached hydrogens (tertiary/aromatic N) is 1. The molecular weight excluding hydrogens is 461 g/mol. The number of halogens is 2. The van der Waals surface area contributed by atoms with Gasteiger partial charge in [-0.2, -0.15) is 109 Å². The summed E-state index contributed by atoms with van der Waals surface area (Å²) in [4.78, 5) is 0. The fourth-order valence-electron chi connectivity index (χ4n) is 1.88. The predicted molar refractivity (Wildman–Crippen MR) is 136 cm³/mol. The van der Waals surface area contributed by atoms with Crippen molar-refractivity contribution in [1.29, 1.82) is 0 Å². The van der Waals surface area contributed by atoms with Crippen LogP contribution in [0.15, 0.2) is 91.0 Å². The molecular formula is C25H34Cl2N3Ti-5. The van der Waals surface area contributed by atoms with Crippen LogP contribution in [0.3, 0.4) is 0 Å². The van der Waals surface area contributed by atoms with Gasteiger partial charge in [0.25, 0.3) is 0 Å². The second kappa shape index (κ2) is 33.5. The van der Waals surface area contributed by atoms with Gasteiger partial charge < -0.3 is 23.4 Å². The third-order valence-electron chi connectivity index (χ3n) is 3.19. The van der Waals surface area contributed by atoms with Crippen LogP contribution in [-0.2, 0) is 21.7 Å². The van der Waals surface area contributed by atoms with Crippen LogP contribution < -0.4 is 10.6 Å². The number of nitrogens with one attached hydrogen (secondary N) is 2. The van der Waals surface area contributed by atoms with Crippen molar-refractivity contribution in [3.8, 4) is 0 Å². The molecule has 1 heterocycles. The summed E-state index contributed by atoms with van der Waals surface area (Å²) >= 11 is 0. The Labute approximate surface area is 217 Å². The summed E-state index contributed by atoms with van der Waals surface area (Å²) in [5.41, 5.74) is 0. The standard InChI is InChI=1S/C6H14N3.3C6H5.CH3.2ClH.Ti/c1-2-8-5-6-9-4-3-7-1;3*1-2-4-6-5-3-1;;;;/h7-8H,1-6H2;3*1-5H;1H3;2*1H;/q5*-1;;;. The molecule has 3 nitrogen and oxygen atoms in total. The molecule has 0 saturated carbocycles. The van der Waals surface area contributed by atoms with Gasteiger partial charge in [-0.1, -0.05) is 0 Å². The Bertz CT molecular complexity index is 421. The van der Waals surface area contributed by atoms with Crippen LogP contribution in [0.25, 0.3) is 5.32 Å². The van der Waals surface area contributed by atoms with E-state index >= 15 is 0 Å². The molecule has 172 valence electrons. The molecule has 1 saturated heterocycles. The third kappa shape index (κ3) is 31.1. The molecule has 0 aromatic heterocycles. The summed E-state index contributed by atoms with van der Waals surface area (Å²) in [7, 11) is 0. The summed E-state index contributed by atoms with van der Waals surface area (Å²) in [6, 6.07) is 37.5. The van der Waals surface area contributed by atoms with Crippen LogP contribution >= 0.6 is 24.8 Å². The van der Waals surface area contributed by atoms with Crippen LogP contribution in [-0.4, -0.2) is 39.3 Å². The van der Waals surface area contributed by atoms with Gasteiger partial charge in [-0.3, -0.25) is 0 Å². The third-order valence-corrected chi connectivity index (χ3v) is 3.19. The van der Waals surface area contributed by atoms with E-state index < -0.39 is 0 Å². The van der Waals surface area contributed by atoms with E-state index in [0.717, 1.165) is 39.3 Å². The smallest absolute Gasteiger partial charge is 0.00760 e. The fraction of sp³-hybridized carbons (Fsp3) is 0.240. The fourth-order valence-corrected chi connectivity index (χ4v) is 1.88. The minimum Gasteiger partial charge on any atom is -0.660 e. The molecule has 0 amide bonds. The van der Waals surface area contributed by atoms with Crippen molar-refractivity contribution in [2.24, 2.45) is 0 Å². The predicted octanol–water partition coefficient (Wildman–Crippen LogP) is 5.30. The van der Waals surface area contributed by atoms with Gasteiger partial charge in [-0.15, -0.1) is 37.9 Å². The van der Waals surface area contributed by atoms with Crippen molar-refractivity contribution in [2.75, 3.05) is 39.3 Å². The first kappa shape index (κ1) is 37.2. The number of rotatable bonds is 0. The molecule has 6 heteroatoms. The maximum atomic E-state index is 4.27. The molecule has 0 bridgehead atoms. The molecule has 0 spiro atoms. The first-order valence-corrected chi connectivity index (χ1v) is 9.28. The van der Waals surface area contributed by atoms with E-state index in [4.69, 9.17) is 0 Å². The topological polar surface area (TPSA) is 38.2 Å². The molecule has 3 aromatic rings. The molecule has 31 heavy (non-hydrogen) atoms. The van der Waals surface area contributed by atoms with Crippen LogP contribution in [0.4, 0.5) is 0 Å². The van der Waals surface area contributed by atoms with Crippen molar-refractivity contribution >= 4 is 24.8 Å². The van der Waals surface area contributed by atoms with E-state index in [1.165, 1.54) is 0 Å². The van der Waals surface area contributed by atoms with E-state index in [-0.39, 0.29) is 54.0 Å². The first-order valence-electron chi connectivity index (χ1n) is 9.28. The monoisotopic (exact) mass is 494 g/mol. The zero-order valence-corrected chi connectivity index (χ0v) is 21.4. The number of hydrogen-bond acceptors (Lipinski definition) is 2.